The molecule has 2 aromatic rings. The van der Waals surface area contributed by atoms with Gasteiger partial charge in [-0.3, -0.25) is 10.2 Å². The van der Waals surface area contributed by atoms with Gasteiger partial charge in [-0.1, -0.05) is 24.3 Å². The second-order valence-corrected chi connectivity index (χ2v) is 5.73. The van der Waals surface area contributed by atoms with Crippen molar-refractivity contribution in [1.29, 1.82) is 0 Å². The lowest BCUT2D eigenvalue weighted by Crippen LogP contribution is -2.34. The highest BCUT2D eigenvalue weighted by molar-refractivity contribution is 5.80. The summed E-state index contributed by atoms with van der Waals surface area (Å²) >= 11 is 0. The van der Waals surface area contributed by atoms with Crippen LogP contribution in [-0.2, 0) is 11.3 Å². The van der Waals surface area contributed by atoms with E-state index in [1.807, 2.05) is 24.3 Å². The van der Waals surface area contributed by atoms with Crippen LogP contribution in [0.4, 0.5) is 4.39 Å². The van der Waals surface area contributed by atoms with Gasteiger partial charge in [0.15, 0.2) is 0 Å². The third-order valence-electron chi connectivity index (χ3n) is 4.15. The number of halogens is 1. The molecule has 0 aromatic heterocycles. The van der Waals surface area contributed by atoms with Gasteiger partial charge in [-0.05, 0) is 35.4 Å². The van der Waals surface area contributed by atoms with Crippen LogP contribution in [0.5, 0.6) is 5.75 Å². The molecule has 24 heavy (non-hydrogen) atoms. The van der Waals surface area contributed by atoms with Gasteiger partial charge in [0.2, 0.25) is 5.91 Å². The van der Waals surface area contributed by atoms with Gasteiger partial charge in [0.25, 0.3) is 0 Å². The number of hydrazine groups is 1. The summed E-state index contributed by atoms with van der Waals surface area (Å²) in [6.45, 7) is 0.953. The number of benzene rings is 2. The molecule has 3 N–H and O–H groups in total. The molecule has 0 aliphatic carbocycles. The second kappa shape index (κ2) is 7.42. The van der Waals surface area contributed by atoms with Crippen LogP contribution in [0.1, 0.15) is 17.2 Å². The Morgan fingerprint density at radius 2 is 2.08 bits per heavy atom. The first kappa shape index (κ1) is 16.4. The molecule has 1 amide bonds. The Kier molecular flexibility index (Phi) is 5.08. The molecule has 0 bridgehead atoms. The fourth-order valence-corrected chi connectivity index (χ4v) is 2.83. The third-order valence-corrected chi connectivity index (χ3v) is 4.15. The Morgan fingerprint density at radius 1 is 1.29 bits per heavy atom. The smallest absolute Gasteiger partial charge is 0.226 e. The Bertz CT molecular complexity index is 706. The van der Waals surface area contributed by atoms with Crippen LogP contribution in [0.3, 0.4) is 0 Å². The monoisotopic (exact) mass is 329 g/mol. The number of nitrogens with one attached hydrogen (secondary N) is 3. The quantitative estimate of drug-likeness (QED) is 0.784. The maximum Gasteiger partial charge on any atom is 0.226 e. The Hall–Kier alpha value is -2.44. The highest BCUT2D eigenvalue weighted by Crippen LogP contribution is 2.25. The number of carbonyl (C=O) groups is 1. The van der Waals surface area contributed by atoms with Crippen LogP contribution in [0.2, 0.25) is 0 Å². The van der Waals surface area contributed by atoms with E-state index >= 15 is 0 Å². The molecule has 2 aromatic carbocycles. The largest absolute Gasteiger partial charge is 0.497 e. The maximum atomic E-state index is 13.1. The zero-order chi connectivity index (χ0) is 16.9. The molecule has 1 fully saturated rings. The SMILES string of the molecule is COc1cccc(CNC(=O)C2CNNC2c2ccc(F)cc2)c1. The molecular formula is C18H20FN3O2. The lowest BCUT2D eigenvalue weighted by atomic mass is 9.94. The fourth-order valence-electron chi connectivity index (χ4n) is 2.83. The van der Waals surface area contributed by atoms with Gasteiger partial charge in [-0.25, -0.2) is 9.82 Å². The van der Waals surface area contributed by atoms with Crippen LogP contribution >= 0.6 is 0 Å². The van der Waals surface area contributed by atoms with Crippen molar-refractivity contribution in [2.75, 3.05) is 13.7 Å². The van der Waals surface area contributed by atoms with E-state index in [2.05, 4.69) is 16.2 Å². The third kappa shape index (κ3) is 3.72. The summed E-state index contributed by atoms with van der Waals surface area (Å²) in [5, 5.41) is 2.95. The zero-order valence-electron chi connectivity index (χ0n) is 13.4. The second-order valence-electron chi connectivity index (χ2n) is 5.73. The van der Waals surface area contributed by atoms with E-state index in [9.17, 15) is 9.18 Å². The molecule has 5 nitrogen and oxygen atoms in total. The van der Waals surface area contributed by atoms with Crippen LogP contribution in [0.25, 0.3) is 0 Å². The van der Waals surface area contributed by atoms with E-state index in [0.717, 1.165) is 16.9 Å². The summed E-state index contributed by atoms with van der Waals surface area (Å²) in [5.41, 5.74) is 7.94. The summed E-state index contributed by atoms with van der Waals surface area (Å²) in [7, 11) is 1.61. The highest BCUT2D eigenvalue weighted by atomic mass is 19.1. The number of hydrogen-bond acceptors (Lipinski definition) is 4. The number of rotatable bonds is 5. The van der Waals surface area contributed by atoms with Crippen LogP contribution < -0.4 is 20.9 Å². The molecule has 0 radical (unpaired) electrons. The van der Waals surface area contributed by atoms with Crippen LogP contribution in [0, 0.1) is 11.7 Å². The topological polar surface area (TPSA) is 62.4 Å². The van der Waals surface area contributed by atoms with Gasteiger partial charge >= 0.3 is 0 Å². The Labute approximate surface area is 140 Å². The van der Waals surface area contributed by atoms with Gasteiger partial charge in [-0.15, -0.1) is 0 Å². The molecule has 0 saturated carbocycles. The molecule has 3 rings (SSSR count). The van der Waals surface area contributed by atoms with Crippen molar-refractivity contribution in [3.8, 4) is 5.75 Å². The highest BCUT2D eigenvalue weighted by Gasteiger charge is 2.33. The van der Waals surface area contributed by atoms with Gasteiger partial charge in [-0.2, -0.15) is 0 Å². The Balaban J connectivity index is 1.64. The van der Waals surface area contributed by atoms with Gasteiger partial charge in [0, 0.05) is 13.1 Å². The van der Waals surface area contributed by atoms with Crippen LogP contribution in [0.15, 0.2) is 48.5 Å². The lowest BCUT2D eigenvalue weighted by Gasteiger charge is -2.18. The molecule has 1 heterocycles. The lowest BCUT2D eigenvalue weighted by molar-refractivity contribution is -0.125. The van der Waals surface area contributed by atoms with Gasteiger partial charge in [0.05, 0.1) is 19.1 Å². The van der Waals surface area contributed by atoms with Crippen molar-refractivity contribution in [3.63, 3.8) is 0 Å². The number of ether oxygens (including phenoxy) is 1. The van der Waals surface area contributed by atoms with E-state index in [4.69, 9.17) is 4.74 Å². The van der Waals surface area contributed by atoms with E-state index < -0.39 is 0 Å². The molecule has 2 unspecified atom stereocenters. The van der Waals surface area contributed by atoms with Crippen molar-refractivity contribution in [3.05, 3.63) is 65.5 Å². The molecule has 1 aliphatic heterocycles. The number of hydrogen-bond donors (Lipinski definition) is 3. The minimum Gasteiger partial charge on any atom is -0.497 e. The molecular weight excluding hydrogens is 309 g/mol. The fraction of sp³-hybridized carbons (Fsp3) is 0.278. The van der Waals surface area contributed by atoms with Crippen LogP contribution in [-0.4, -0.2) is 19.6 Å². The van der Waals surface area contributed by atoms with E-state index in [1.54, 1.807) is 19.2 Å². The molecule has 1 aliphatic rings. The first-order chi connectivity index (χ1) is 11.7. The minimum absolute atomic E-state index is 0.0513. The van der Waals surface area contributed by atoms with Crippen molar-refractivity contribution in [1.82, 2.24) is 16.2 Å². The predicted molar refractivity (Wildman–Crippen MR) is 88.6 cm³/mol. The number of carbonyl (C=O) groups excluding carboxylic acids is 1. The maximum absolute atomic E-state index is 13.1. The van der Waals surface area contributed by atoms with Crippen molar-refractivity contribution < 1.29 is 13.9 Å². The number of amides is 1. The van der Waals surface area contributed by atoms with E-state index in [-0.39, 0.29) is 23.7 Å². The van der Waals surface area contributed by atoms with Crippen molar-refractivity contribution in [2.24, 2.45) is 5.92 Å². The molecule has 2 atom stereocenters. The first-order valence-electron chi connectivity index (χ1n) is 7.82. The molecule has 0 spiro atoms. The zero-order valence-corrected chi connectivity index (χ0v) is 13.4. The molecule has 6 heteroatoms. The van der Waals surface area contributed by atoms with Gasteiger partial charge < -0.3 is 10.1 Å². The summed E-state index contributed by atoms with van der Waals surface area (Å²) in [6, 6.07) is 13.6. The van der Waals surface area contributed by atoms with Crippen molar-refractivity contribution in [2.45, 2.75) is 12.6 Å². The summed E-state index contributed by atoms with van der Waals surface area (Å²) in [6.07, 6.45) is 0. The Morgan fingerprint density at radius 3 is 2.83 bits per heavy atom. The normalized spacial score (nSPS) is 19.9. The number of methoxy groups -OCH3 is 1. The predicted octanol–water partition coefficient (Wildman–Crippen LogP) is 1.92. The summed E-state index contributed by atoms with van der Waals surface area (Å²) in [4.78, 5) is 12.5. The summed E-state index contributed by atoms with van der Waals surface area (Å²) in [5.74, 6) is 0.157. The van der Waals surface area contributed by atoms with Crippen molar-refractivity contribution >= 4 is 5.91 Å². The van der Waals surface area contributed by atoms with E-state index in [0.29, 0.717) is 13.1 Å². The minimum atomic E-state index is -0.288. The molecule has 1 saturated heterocycles. The van der Waals surface area contributed by atoms with Gasteiger partial charge in [0.1, 0.15) is 11.6 Å². The standard InChI is InChI=1S/C18H20FN3O2/c1-24-15-4-2-3-12(9-15)10-20-18(23)16-11-21-22-17(16)13-5-7-14(19)8-6-13/h2-9,16-17,21-22H,10-11H2,1H3,(H,20,23). The van der Waals surface area contributed by atoms with E-state index in [1.165, 1.54) is 12.1 Å². The summed E-state index contributed by atoms with van der Waals surface area (Å²) < 4.78 is 18.3. The average molecular weight is 329 g/mol. The average Bonchev–Trinajstić information content (AvgIpc) is 3.10. The first-order valence-corrected chi connectivity index (χ1v) is 7.82. The molecule has 126 valence electrons.